The quantitative estimate of drug-likeness (QED) is 0.738. The minimum absolute atomic E-state index is 0.00166. The molecule has 23 heavy (non-hydrogen) atoms. The van der Waals surface area contributed by atoms with Crippen molar-refractivity contribution in [2.24, 2.45) is 23.2 Å². The van der Waals surface area contributed by atoms with E-state index in [1.807, 2.05) is 0 Å². The van der Waals surface area contributed by atoms with Crippen LogP contribution < -0.4 is 10.6 Å². The van der Waals surface area contributed by atoms with Crippen LogP contribution in [0.15, 0.2) is 0 Å². The summed E-state index contributed by atoms with van der Waals surface area (Å²) in [7, 11) is 1.49. The molecule has 2 N–H and O–H groups in total. The van der Waals surface area contributed by atoms with E-state index in [2.05, 4.69) is 10.6 Å². The van der Waals surface area contributed by atoms with E-state index in [1.54, 1.807) is 0 Å². The van der Waals surface area contributed by atoms with Crippen molar-refractivity contribution in [3.63, 3.8) is 0 Å². The molecule has 3 atom stereocenters. The lowest BCUT2D eigenvalue weighted by atomic mass is 9.48. The predicted octanol–water partition coefficient (Wildman–Crippen LogP) is 0.459. The fourth-order valence-corrected chi connectivity index (χ4v) is 5.72. The molecule has 5 fully saturated rings. The Morgan fingerprint density at radius 2 is 1.96 bits per heavy atom. The van der Waals surface area contributed by atoms with E-state index in [-0.39, 0.29) is 29.4 Å². The summed E-state index contributed by atoms with van der Waals surface area (Å²) >= 11 is 0. The first-order valence-electron chi connectivity index (χ1n) is 8.82. The molecule has 6 heteroatoms. The summed E-state index contributed by atoms with van der Waals surface area (Å²) in [5.41, 5.74) is -0.282. The van der Waals surface area contributed by atoms with Gasteiger partial charge in [-0.05, 0) is 49.9 Å². The summed E-state index contributed by atoms with van der Waals surface area (Å²) < 4.78 is 10.7. The van der Waals surface area contributed by atoms with Crippen LogP contribution in [0.5, 0.6) is 0 Å². The summed E-state index contributed by atoms with van der Waals surface area (Å²) in [6, 6.07) is 0.197. The maximum absolute atomic E-state index is 12.5. The number of ether oxygens (including phenoxy) is 2. The van der Waals surface area contributed by atoms with Crippen molar-refractivity contribution in [1.29, 1.82) is 0 Å². The van der Waals surface area contributed by atoms with Gasteiger partial charge >= 0.3 is 5.97 Å². The summed E-state index contributed by atoms with van der Waals surface area (Å²) in [6.07, 6.45) is 4.58. The number of carbonyl (C=O) groups excluding carboxylic acids is 2. The van der Waals surface area contributed by atoms with Crippen LogP contribution in [0.3, 0.4) is 0 Å². The van der Waals surface area contributed by atoms with Crippen LogP contribution in [0.1, 0.15) is 32.1 Å². The first-order chi connectivity index (χ1) is 11.1. The van der Waals surface area contributed by atoms with E-state index in [1.165, 1.54) is 7.11 Å². The summed E-state index contributed by atoms with van der Waals surface area (Å²) in [5, 5.41) is 6.45. The normalized spacial score (nSPS) is 44.8. The van der Waals surface area contributed by atoms with Gasteiger partial charge in [0.15, 0.2) is 0 Å². The number of methoxy groups -OCH3 is 1. The van der Waals surface area contributed by atoms with Crippen molar-refractivity contribution in [2.45, 2.75) is 44.2 Å². The molecule has 6 nitrogen and oxygen atoms in total. The number of hydrogen-bond donors (Lipinski definition) is 2. The fourth-order valence-electron chi connectivity index (χ4n) is 5.72. The average Bonchev–Trinajstić information content (AvgIpc) is 2.57. The average molecular weight is 322 g/mol. The molecule has 0 radical (unpaired) electrons. The van der Waals surface area contributed by atoms with Crippen LogP contribution in [0.4, 0.5) is 0 Å². The monoisotopic (exact) mass is 322 g/mol. The van der Waals surface area contributed by atoms with Crippen LogP contribution in [-0.4, -0.2) is 50.8 Å². The van der Waals surface area contributed by atoms with Gasteiger partial charge in [0.1, 0.15) is 6.10 Å². The van der Waals surface area contributed by atoms with Crippen molar-refractivity contribution in [2.75, 3.05) is 26.8 Å². The van der Waals surface area contributed by atoms with Gasteiger partial charge in [-0.15, -0.1) is 0 Å². The van der Waals surface area contributed by atoms with Crippen LogP contribution in [0.2, 0.25) is 0 Å². The number of hydrogen-bond acceptors (Lipinski definition) is 5. The first-order valence-corrected chi connectivity index (χ1v) is 8.82. The van der Waals surface area contributed by atoms with Gasteiger partial charge in [0.25, 0.3) is 5.91 Å². The van der Waals surface area contributed by atoms with Crippen LogP contribution in [0, 0.1) is 23.2 Å². The van der Waals surface area contributed by atoms with Gasteiger partial charge in [-0.25, -0.2) is 0 Å². The third-order valence-electron chi connectivity index (χ3n) is 6.42. The van der Waals surface area contributed by atoms with Gasteiger partial charge in [0.05, 0.1) is 19.1 Å². The maximum Gasteiger partial charge on any atom is 0.311 e. The number of morpholine rings is 1. The molecule has 0 spiro atoms. The van der Waals surface area contributed by atoms with Gasteiger partial charge < -0.3 is 20.1 Å². The topological polar surface area (TPSA) is 76.7 Å². The minimum atomic E-state index is -0.379. The van der Waals surface area contributed by atoms with E-state index in [0.717, 1.165) is 38.6 Å². The first kappa shape index (κ1) is 15.4. The summed E-state index contributed by atoms with van der Waals surface area (Å²) in [5.74, 6) is 1.39. The molecule has 0 aromatic rings. The van der Waals surface area contributed by atoms with Gasteiger partial charge in [0.2, 0.25) is 0 Å². The van der Waals surface area contributed by atoms with Crippen molar-refractivity contribution < 1.29 is 19.1 Å². The zero-order valence-electron chi connectivity index (χ0n) is 13.7. The smallest absolute Gasteiger partial charge is 0.311 e. The molecule has 4 bridgehead atoms. The minimum Gasteiger partial charge on any atom is -0.469 e. The Bertz CT molecular complexity index is 487. The highest BCUT2D eigenvalue weighted by atomic mass is 16.5. The van der Waals surface area contributed by atoms with Crippen LogP contribution >= 0.6 is 0 Å². The Morgan fingerprint density at radius 1 is 1.22 bits per heavy atom. The molecule has 5 aliphatic rings. The molecular weight excluding hydrogens is 296 g/mol. The number of nitrogens with one attached hydrogen (secondary N) is 2. The maximum atomic E-state index is 12.5. The number of amides is 1. The second-order valence-corrected chi connectivity index (χ2v) is 7.84. The molecule has 3 unspecified atom stereocenters. The lowest BCUT2D eigenvalue weighted by Gasteiger charge is -2.58. The molecule has 4 saturated carbocycles. The fraction of sp³-hybridized carbons (Fsp3) is 0.882. The lowest BCUT2D eigenvalue weighted by Crippen LogP contribution is -2.62. The Balaban J connectivity index is 1.46. The molecule has 0 aromatic heterocycles. The number of carbonyl (C=O) groups is 2. The highest BCUT2D eigenvalue weighted by Crippen LogP contribution is 2.60. The molecule has 1 heterocycles. The molecule has 0 aromatic carbocycles. The van der Waals surface area contributed by atoms with Gasteiger partial charge in [-0.3, -0.25) is 9.59 Å². The van der Waals surface area contributed by atoms with Crippen LogP contribution in [0.25, 0.3) is 0 Å². The molecule has 1 saturated heterocycles. The Kier molecular flexibility index (Phi) is 3.84. The SMILES string of the molecule is COC(=O)C12CC3CC(C1)C(NC(=O)C1CNCCO1)C(C3)C2. The van der Waals surface area contributed by atoms with Gasteiger partial charge in [-0.1, -0.05) is 0 Å². The molecular formula is C17H26N2O4. The zero-order chi connectivity index (χ0) is 16.0. The second kappa shape index (κ2) is 5.74. The second-order valence-electron chi connectivity index (χ2n) is 7.84. The van der Waals surface area contributed by atoms with Gasteiger partial charge in [-0.2, -0.15) is 0 Å². The van der Waals surface area contributed by atoms with E-state index in [4.69, 9.17) is 9.47 Å². The molecule has 128 valence electrons. The van der Waals surface area contributed by atoms with Crippen LogP contribution in [-0.2, 0) is 19.1 Å². The van der Waals surface area contributed by atoms with Crippen molar-refractivity contribution in [3.8, 4) is 0 Å². The standard InChI is InChI=1S/C17H26N2O4/c1-22-16(21)17-6-10-4-11(7-17)14(12(5-10)8-17)19-15(20)13-9-18-2-3-23-13/h10-14,18H,2-9H2,1H3,(H,19,20). The van der Waals surface area contributed by atoms with Gasteiger partial charge in [0, 0.05) is 19.1 Å². The Morgan fingerprint density at radius 3 is 2.57 bits per heavy atom. The summed E-state index contributed by atoms with van der Waals surface area (Å²) in [6.45, 7) is 1.98. The Hall–Kier alpha value is -1.14. The zero-order valence-corrected chi connectivity index (χ0v) is 13.7. The van der Waals surface area contributed by atoms with Crippen molar-refractivity contribution in [3.05, 3.63) is 0 Å². The van der Waals surface area contributed by atoms with Crippen molar-refractivity contribution >= 4 is 11.9 Å². The third-order valence-corrected chi connectivity index (χ3v) is 6.42. The molecule has 4 aliphatic carbocycles. The van der Waals surface area contributed by atoms with E-state index in [9.17, 15) is 9.59 Å². The highest BCUT2D eigenvalue weighted by Gasteiger charge is 2.59. The van der Waals surface area contributed by atoms with E-state index < -0.39 is 0 Å². The molecule has 1 aliphatic heterocycles. The number of rotatable bonds is 3. The van der Waals surface area contributed by atoms with E-state index in [0.29, 0.717) is 30.9 Å². The summed E-state index contributed by atoms with van der Waals surface area (Å²) in [4.78, 5) is 24.8. The highest BCUT2D eigenvalue weighted by molar-refractivity contribution is 5.82. The third kappa shape index (κ3) is 2.56. The molecule has 5 rings (SSSR count). The molecule has 1 amide bonds. The number of esters is 1. The van der Waals surface area contributed by atoms with E-state index >= 15 is 0 Å². The van der Waals surface area contributed by atoms with Crippen molar-refractivity contribution in [1.82, 2.24) is 10.6 Å². The largest absolute Gasteiger partial charge is 0.469 e. The lowest BCUT2D eigenvalue weighted by molar-refractivity contribution is -0.172. The predicted molar refractivity (Wildman–Crippen MR) is 82.5 cm³/mol. The Labute approximate surface area is 136 Å².